The first-order valence-electron chi connectivity index (χ1n) is 9.83. The highest BCUT2D eigenvalue weighted by Crippen LogP contribution is 2.45. The van der Waals surface area contributed by atoms with Gasteiger partial charge in [-0.05, 0) is 37.0 Å². The van der Waals surface area contributed by atoms with Crippen LogP contribution in [0.5, 0.6) is 0 Å². The van der Waals surface area contributed by atoms with Crippen molar-refractivity contribution in [2.75, 3.05) is 33.4 Å². The van der Waals surface area contributed by atoms with Crippen molar-refractivity contribution in [3.63, 3.8) is 0 Å². The van der Waals surface area contributed by atoms with Crippen molar-refractivity contribution < 1.29 is 18.7 Å². The van der Waals surface area contributed by atoms with Crippen LogP contribution < -0.4 is 0 Å². The number of hydrogen-bond acceptors (Lipinski definition) is 4. The molecule has 1 spiro atoms. The quantitative estimate of drug-likeness (QED) is 0.798. The standard InChI is InChI=1S/C22H26N2O4/c1-27-15-13-24-20(25)18(17-6-3-2-4-7-17)16-22(24)9-11-23(12-10-22)21(26)19-8-5-14-28-19/h2-8,14,18H,9-13,15-16H2,1H3/t18-/m0/s1. The molecular formula is C22H26N2O4. The van der Waals surface area contributed by atoms with E-state index >= 15 is 0 Å². The smallest absolute Gasteiger partial charge is 0.289 e. The lowest BCUT2D eigenvalue weighted by atomic mass is 9.81. The van der Waals surface area contributed by atoms with Gasteiger partial charge in [0.2, 0.25) is 5.91 Å². The van der Waals surface area contributed by atoms with Crippen molar-refractivity contribution in [3.05, 3.63) is 60.1 Å². The highest BCUT2D eigenvalue weighted by atomic mass is 16.5. The summed E-state index contributed by atoms with van der Waals surface area (Å²) in [7, 11) is 1.66. The van der Waals surface area contributed by atoms with Gasteiger partial charge in [-0.2, -0.15) is 0 Å². The second-order valence-electron chi connectivity index (χ2n) is 7.64. The number of amides is 2. The van der Waals surface area contributed by atoms with Crippen LogP contribution in [0.15, 0.2) is 53.1 Å². The fourth-order valence-corrected chi connectivity index (χ4v) is 4.63. The third-order valence-electron chi connectivity index (χ3n) is 6.16. The first-order valence-corrected chi connectivity index (χ1v) is 9.83. The Hall–Kier alpha value is -2.60. The van der Waals surface area contributed by atoms with Gasteiger partial charge in [0.05, 0.1) is 18.8 Å². The molecule has 1 aromatic heterocycles. The number of carbonyl (C=O) groups is 2. The molecule has 2 saturated heterocycles. The predicted molar refractivity (Wildman–Crippen MR) is 104 cm³/mol. The van der Waals surface area contributed by atoms with Crippen molar-refractivity contribution in [2.45, 2.75) is 30.7 Å². The minimum atomic E-state index is -0.212. The molecule has 6 heteroatoms. The summed E-state index contributed by atoms with van der Waals surface area (Å²) in [5.41, 5.74) is 0.858. The number of rotatable bonds is 5. The van der Waals surface area contributed by atoms with E-state index in [1.807, 2.05) is 40.1 Å². The van der Waals surface area contributed by atoms with E-state index in [4.69, 9.17) is 9.15 Å². The van der Waals surface area contributed by atoms with E-state index < -0.39 is 0 Å². The van der Waals surface area contributed by atoms with Gasteiger partial charge in [0.25, 0.3) is 5.91 Å². The van der Waals surface area contributed by atoms with Gasteiger partial charge < -0.3 is 19.0 Å². The molecule has 3 heterocycles. The molecule has 1 atom stereocenters. The fraction of sp³-hybridized carbons (Fsp3) is 0.455. The van der Waals surface area contributed by atoms with E-state index in [0.717, 1.165) is 24.8 Å². The zero-order valence-corrected chi connectivity index (χ0v) is 16.2. The summed E-state index contributed by atoms with van der Waals surface area (Å²) in [5.74, 6) is 0.350. The largest absolute Gasteiger partial charge is 0.459 e. The SMILES string of the molecule is COCCN1C(=O)[C@H](c2ccccc2)CC12CCN(C(=O)c1ccco1)CC2. The number of ether oxygens (including phenoxy) is 1. The lowest BCUT2D eigenvalue weighted by Gasteiger charge is -2.44. The normalized spacial score (nSPS) is 21.5. The van der Waals surface area contributed by atoms with E-state index in [1.165, 1.54) is 6.26 Å². The predicted octanol–water partition coefficient (Wildman–Crippen LogP) is 2.92. The van der Waals surface area contributed by atoms with E-state index in [1.54, 1.807) is 19.2 Å². The van der Waals surface area contributed by atoms with Crippen LogP contribution in [0.1, 0.15) is 41.3 Å². The Kier molecular flexibility index (Phi) is 5.22. The van der Waals surface area contributed by atoms with Gasteiger partial charge in [-0.1, -0.05) is 30.3 Å². The molecule has 0 aliphatic carbocycles. The molecular weight excluding hydrogens is 356 g/mol. The molecule has 2 fully saturated rings. The van der Waals surface area contributed by atoms with Gasteiger partial charge in [-0.15, -0.1) is 0 Å². The first-order chi connectivity index (χ1) is 13.6. The molecule has 0 N–H and O–H groups in total. The summed E-state index contributed by atoms with van der Waals surface area (Å²) in [4.78, 5) is 29.7. The average molecular weight is 382 g/mol. The highest BCUT2D eigenvalue weighted by Gasteiger charge is 2.52. The van der Waals surface area contributed by atoms with Crippen LogP contribution in [0.4, 0.5) is 0 Å². The van der Waals surface area contributed by atoms with E-state index in [0.29, 0.717) is 32.0 Å². The third-order valence-corrected chi connectivity index (χ3v) is 6.16. The molecule has 28 heavy (non-hydrogen) atoms. The summed E-state index contributed by atoms with van der Waals surface area (Å²) < 4.78 is 10.5. The minimum Gasteiger partial charge on any atom is -0.459 e. The molecule has 2 amide bonds. The maximum Gasteiger partial charge on any atom is 0.289 e. The summed E-state index contributed by atoms with van der Waals surface area (Å²) >= 11 is 0. The monoisotopic (exact) mass is 382 g/mol. The Balaban J connectivity index is 1.53. The van der Waals surface area contributed by atoms with Gasteiger partial charge in [0.1, 0.15) is 0 Å². The second kappa shape index (κ2) is 7.80. The van der Waals surface area contributed by atoms with Crippen LogP contribution in [-0.2, 0) is 9.53 Å². The number of piperidine rings is 1. The number of hydrogen-bond donors (Lipinski definition) is 0. The van der Waals surface area contributed by atoms with E-state index in [-0.39, 0.29) is 23.3 Å². The first kappa shape index (κ1) is 18.7. The Bertz CT molecular complexity index is 810. The van der Waals surface area contributed by atoms with Crippen LogP contribution in [0.3, 0.4) is 0 Å². The summed E-state index contributed by atoms with van der Waals surface area (Å²) in [6.07, 6.45) is 3.87. The van der Waals surface area contributed by atoms with Crippen molar-refractivity contribution in [3.8, 4) is 0 Å². The molecule has 148 valence electrons. The molecule has 0 radical (unpaired) electrons. The van der Waals surface area contributed by atoms with Crippen molar-refractivity contribution in [2.24, 2.45) is 0 Å². The molecule has 6 nitrogen and oxygen atoms in total. The van der Waals surface area contributed by atoms with Gasteiger partial charge in [0, 0.05) is 32.3 Å². The Morgan fingerprint density at radius 1 is 1.18 bits per heavy atom. The molecule has 2 aliphatic heterocycles. The second-order valence-corrected chi connectivity index (χ2v) is 7.64. The molecule has 2 aliphatic rings. The Morgan fingerprint density at radius 3 is 2.57 bits per heavy atom. The minimum absolute atomic E-state index is 0.0766. The molecule has 0 unspecified atom stereocenters. The van der Waals surface area contributed by atoms with Gasteiger partial charge in [-0.25, -0.2) is 0 Å². The van der Waals surface area contributed by atoms with Crippen LogP contribution in [0.25, 0.3) is 0 Å². The molecule has 1 aromatic carbocycles. The average Bonchev–Trinajstić information content (AvgIpc) is 3.35. The summed E-state index contributed by atoms with van der Waals surface area (Å²) in [5, 5.41) is 0. The van der Waals surface area contributed by atoms with Gasteiger partial charge >= 0.3 is 0 Å². The van der Waals surface area contributed by atoms with Crippen LogP contribution in [0.2, 0.25) is 0 Å². The number of furan rings is 1. The van der Waals surface area contributed by atoms with E-state index in [9.17, 15) is 9.59 Å². The topological polar surface area (TPSA) is 63.0 Å². The fourth-order valence-electron chi connectivity index (χ4n) is 4.63. The van der Waals surface area contributed by atoms with Gasteiger partial charge in [0.15, 0.2) is 5.76 Å². The van der Waals surface area contributed by atoms with E-state index in [2.05, 4.69) is 0 Å². The lowest BCUT2D eigenvalue weighted by Crippen LogP contribution is -2.54. The Labute approximate surface area is 165 Å². The summed E-state index contributed by atoms with van der Waals surface area (Å²) in [6, 6.07) is 13.4. The van der Waals surface area contributed by atoms with Gasteiger partial charge in [-0.3, -0.25) is 9.59 Å². The number of carbonyl (C=O) groups excluding carboxylic acids is 2. The highest BCUT2D eigenvalue weighted by molar-refractivity contribution is 5.91. The zero-order chi connectivity index (χ0) is 19.6. The zero-order valence-electron chi connectivity index (χ0n) is 16.2. The molecule has 4 rings (SSSR count). The number of benzene rings is 1. The maximum absolute atomic E-state index is 13.3. The number of methoxy groups -OCH3 is 1. The van der Waals surface area contributed by atoms with Crippen LogP contribution in [-0.4, -0.2) is 60.5 Å². The molecule has 0 bridgehead atoms. The summed E-state index contributed by atoms with van der Waals surface area (Å²) in [6.45, 7) is 2.35. The molecule has 0 saturated carbocycles. The number of nitrogens with zero attached hydrogens (tertiary/aromatic N) is 2. The maximum atomic E-state index is 13.3. The van der Waals surface area contributed by atoms with Crippen LogP contribution in [0, 0.1) is 0 Å². The van der Waals surface area contributed by atoms with Crippen molar-refractivity contribution in [1.82, 2.24) is 9.80 Å². The van der Waals surface area contributed by atoms with Crippen LogP contribution >= 0.6 is 0 Å². The number of likely N-dealkylation sites (tertiary alicyclic amines) is 2. The third kappa shape index (κ3) is 3.33. The Morgan fingerprint density at radius 2 is 1.93 bits per heavy atom. The van der Waals surface area contributed by atoms with Crippen molar-refractivity contribution >= 4 is 11.8 Å². The lowest BCUT2D eigenvalue weighted by molar-refractivity contribution is -0.134. The molecule has 2 aromatic rings. The van der Waals surface area contributed by atoms with Crippen molar-refractivity contribution in [1.29, 1.82) is 0 Å².